The summed E-state index contributed by atoms with van der Waals surface area (Å²) in [6.45, 7) is -0.267. The normalized spacial score (nSPS) is 23.9. The molecule has 2 aromatic carbocycles. The molecule has 0 amide bonds. The molecule has 0 aliphatic heterocycles. The van der Waals surface area contributed by atoms with Gasteiger partial charge in [0.25, 0.3) is 5.92 Å². The highest BCUT2D eigenvalue weighted by Gasteiger charge is 2.48. The number of halogens is 6. The minimum Gasteiger partial charge on any atom is -0.473 e. The van der Waals surface area contributed by atoms with Crippen molar-refractivity contribution in [2.24, 2.45) is 5.92 Å². The maximum atomic E-state index is 14.8. The molecule has 0 bridgehead atoms. The molecule has 3 aliphatic rings. The summed E-state index contributed by atoms with van der Waals surface area (Å²) in [5.74, 6) is -3.99. The molecular weight excluding hydrogens is 456 g/mol. The predicted octanol–water partition coefficient (Wildman–Crippen LogP) is 7.11. The first-order chi connectivity index (χ1) is 16.1. The first kappa shape index (κ1) is 21.5. The molecule has 1 fully saturated rings. The molecule has 0 N–H and O–H groups in total. The van der Waals surface area contributed by atoms with Crippen molar-refractivity contribution >= 4 is 0 Å². The number of fused-ring (bicyclic) bond motifs is 4. The molecule has 2 nitrogen and oxygen atoms in total. The molecule has 0 radical (unpaired) electrons. The number of pyridine rings is 1. The van der Waals surface area contributed by atoms with Gasteiger partial charge in [-0.2, -0.15) is 13.2 Å². The summed E-state index contributed by atoms with van der Waals surface area (Å²) in [5.41, 5.74) is 0.570. The molecular formula is C26H19F6NO. The molecule has 1 aromatic heterocycles. The first-order valence-electron chi connectivity index (χ1n) is 11.1. The number of rotatable bonds is 4. The summed E-state index contributed by atoms with van der Waals surface area (Å²) in [7, 11) is 0. The van der Waals surface area contributed by atoms with Crippen LogP contribution in [-0.2, 0) is 25.1 Å². The van der Waals surface area contributed by atoms with Gasteiger partial charge in [-0.05, 0) is 65.1 Å². The van der Waals surface area contributed by atoms with Crippen LogP contribution in [0.5, 0.6) is 5.88 Å². The Morgan fingerprint density at radius 2 is 1.82 bits per heavy atom. The van der Waals surface area contributed by atoms with Gasteiger partial charge < -0.3 is 4.74 Å². The van der Waals surface area contributed by atoms with Gasteiger partial charge in [-0.3, -0.25) is 0 Å². The lowest BCUT2D eigenvalue weighted by atomic mass is 9.88. The number of alkyl halides is 5. The minimum absolute atomic E-state index is 0.00362. The van der Waals surface area contributed by atoms with E-state index in [4.69, 9.17) is 4.74 Å². The number of aromatic nitrogens is 1. The summed E-state index contributed by atoms with van der Waals surface area (Å²) in [5, 5.41) is 0. The van der Waals surface area contributed by atoms with Gasteiger partial charge in [0, 0.05) is 35.7 Å². The zero-order valence-corrected chi connectivity index (χ0v) is 17.8. The summed E-state index contributed by atoms with van der Waals surface area (Å²) in [6, 6.07) is 8.46. The molecule has 3 aromatic rings. The monoisotopic (exact) mass is 475 g/mol. The lowest BCUT2D eigenvalue weighted by Gasteiger charge is -2.19. The van der Waals surface area contributed by atoms with E-state index < -0.39 is 41.4 Å². The first-order valence-corrected chi connectivity index (χ1v) is 11.1. The Labute approximate surface area is 191 Å². The van der Waals surface area contributed by atoms with Crippen molar-refractivity contribution in [2.75, 3.05) is 0 Å². The summed E-state index contributed by atoms with van der Waals surface area (Å²) in [6.07, 6.45) is -1.64. The summed E-state index contributed by atoms with van der Waals surface area (Å²) >= 11 is 0. The molecule has 0 spiro atoms. The molecule has 8 heteroatoms. The maximum Gasteiger partial charge on any atom is 0.416 e. The second-order valence-electron chi connectivity index (χ2n) is 9.39. The molecule has 0 saturated heterocycles. The number of nitrogens with zero attached hydrogens (tertiary/aromatic N) is 1. The van der Waals surface area contributed by atoms with E-state index in [1.54, 1.807) is 6.20 Å². The van der Waals surface area contributed by atoms with E-state index in [9.17, 15) is 26.3 Å². The standard InChI is InChI=1S/C26H19F6NO/c27-23-9-22-18(19(10-25(22,28)29)16-3-1-2-4-21(16)26(30,31)32)7-15(23)12-34-24-8-14-5-13-6-17(13)20(14)11-33-24/h1-4,7-9,11,13,17,19H,5-6,10,12H2. The number of hydrogen-bond acceptors (Lipinski definition) is 2. The van der Waals surface area contributed by atoms with Crippen molar-refractivity contribution in [3.05, 3.63) is 93.4 Å². The zero-order chi connectivity index (χ0) is 23.8. The van der Waals surface area contributed by atoms with Crippen LogP contribution < -0.4 is 4.74 Å². The van der Waals surface area contributed by atoms with Crippen molar-refractivity contribution in [3.8, 4) is 5.88 Å². The van der Waals surface area contributed by atoms with Gasteiger partial charge in [-0.1, -0.05) is 18.2 Å². The fourth-order valence-electron chi connectivity index (χ4n) is 5.53. The van der Waals surface area contributed by atoms with E-state index >= 15 is 0 Å². The Morgan fingerprint density at radius 3 is 2.62 bits per heavy atom. The third-order valence-electron chi connectivity index (χ3n) is 7.27. The van der Waals surface area contributed by atoms with Crippen molar-refractivity contribution in [1.29, 1.82) is 0 Å². The molecule has 1 saturated carbocycles. The second kappa shape index (κ2) is 7.23. The minimum atomic E-state index is -4.69. The summed E-state index contributed by atoms with van der Waals surface area (Å²) in [4.78, 5) is 4.28. The summed E-state index contributed by atoms with van der Waals surface area (Å²) < 4.78 is 90.6. The van der Waals surface area contributed by atoms with E-state index in [1.807, 2.05) is 6.07 Å². The zero-order valence-electron chi connectivity index (χ0n) is 17.8. The Bertz CT molecular complexity index is 1300. The van der Waals surface area contributed by atoms with Crippen molar-refractivity contribution in [3.63, 3.8) is 0 Å². The Hall–Kier alpha value is -3.03. The van der Waals surface area contributed by atoms with Crippen molar-refractivity contribution in [2.45, 2.75) is 49.8 Å². The number of ether oxygens (including phenoxy) is 1. The third kappa shape index (κ3) is 3.46. The van der Waals surface area contributed by atoms with Gasteiger partial charge in [0.1, 0.15) is 12.4 Å². The van der Waals surface area contributed by atoms with Gasteiger partial charge >= 0.3 is 6.18 Å². The predicted molar refractivity (Wildman–Crippen MR) is 111 cm³/mol. The second-order valence-corrected chi connectivity index (χ2v) is 9.39. The SMILES string of the molecule is Fc1cc2c(cc1COc1cc3c(cn1)C1CC1C3)C(c1ccccc1C(F)(F)F)CC2(F)F. The van der Waals surface area contributed by atoms with Crippen LogP contribution in [0.15, 0.2) is 48.7 Å². The molecule has 6 rings (SSSR count). The Morgan fingerprint density at radius 1 is 1.03 bits per heavy atom. The molecule has 176 valence electrons. The topological polar surface area (TPSA) is 22.1 Å². The molecule has 3 atom stereocenters. The van der Waals surface area contributed by atoms with E-state index in [0.29, 0.717) is 17.7 Å². The van der Waals surface area contributed by atoms with Crippen LogP contribution in [0.25, 0.3) is 0 Å². The fourth-order valence-corrected chi connectivity index (χ4v) is 5.53. The van der Waals surface area contributed by atoms with Gasteiger partial charge in [0.15, 0.2) is 0 Å². The maximum absolute atomic E-state index is 14.8. The van der Waals surface area contributed by atoms with Crippen molar-refractivity contribution in [1.82, 2.24) is 4.98 Å². The third-order valence-corrected chi connectivity index (χ3v) is 7.27. The Kier molecular flexibility index (Phi) is 4.57. The number of benzene rings is 2. The van der Waals surface area contributed by atoms with Crippen LogP contribution in [-0.4, -0.2) is 4.98 Å². The van der Waals surface area contributed by atoms with E-state index in [1.165, 1.54) is 36.2 Å². The van der Waals surface area contributed by atoms with E-state index in [0.717, 1.165) is 24.1 Å². The van der Waals surface area contributed by atoms with Gasteiger partial charge in [-0.15, -0.1) is 0 Å². The largest absolute Gasteiger partial charge is 0.473 e. The van der Waals surface area contributed by atoms with Gasteiger partial charge in [0.05, 0.1) is 5.56 Å². The number of hydrogen-bond donors (Lipinski definition) is 0. The van der Waals surface area contributed by atoms with Crippen LogP contribution in [0.2, 0.25) is 0 Å². The lowest BCUT2D eigenvalue weighted by molar-refractivity contribution is -0.138. The van der Waals surface area contributed by atoms with E-state index in [-0.39, 0.29) is 23.3 Å². The van der Waals surface area contributed by atoms with Crippen molar-refractivity contribution < 1.29 is 31.1 Å². The molecule has 3 aliphatic carbocycles. The molecule has 1 heterocycles. The Balaban J connectivity index is 1.32. The van der Waals surface area contributed by atoms with Crippen LogP contribution in [0.3, 0.4) is 0 Å². The quantitative estimate of drug-likeness (QED) is 0.376. The molecule has 3 unspecified atom stereocenters. The highest BCUT2D eigenvalue weighted by molar-refractivity contribution is 5.50. The van der Waals surface area contributed by atoms with Crippen LogP contribution in [0, 0.1) is 11.7 Å². The van der Waals surface area contributed by atoms with Crippen LogP contribution in [0.1, 0.15) is 63.6 Å². The average Bonchev–Trinajstić information content (AvgIpc) is 3.38. The fraction of sp³-hybridized carbons (Fsp3) is 0.346. The van der Waals surface area contributed by atoms with Crippen LogP contribution >= 0.6 is 0 Å². The van der Waals surface area contributed by atoms with Gasteiger partial charge in [0.2, 0.25) is 5.88 Å². The highest BCUT2D eigenvalue weighted by atomic mass is 19.4. The van der Waals surface area contributed by atoms with Gasteiger partial charge in [-0.25, -0.2) is 18.2 Å². The lowest BCUT2D eigenvalue weighted by Crippen LogP contribution is -2.13. The molecule has 34 heavy (non-hydrogen) atoms. The van der Waals surface area contributed by atoms with E-state index in [2.05, 4.69) is 4.98 Å². The highest BCUT2D eigenvalue weighted by Crippen LogP contribution is 2.56. The van der Waals surface area contributed by atoms with Crippen LogP contribution in [0.4, 0.5) is 26.3 Å². The average molecular weight is 475 g/mol. The smallest absolute Gasteiger partial charge is 0.416 e.